The third-order valence-electron chi connectivity index (χ3n) is 12.5. The zero-order valence-electron chi connectivity index (χ0n) is 34.9. The van der Waals surface area contributed by atoms with Crippen LogP contribution in [0.15, 0.2) is 237 Å². The lowest BCUT2D eigenvalue weighted by molar-refractivity contribution is 1.08. The molecule has 0 radical (unpaired) electrons. The third kappa shape index (κ3) is 6.68. The number of hydrogen-bond donors (Lipinski definition) is 0. The number of benzene rings is 11. The van der Waals surface area contributed by atoms with Crippen molar-refractivity contribution in [3.05, 3.63) is 237 Å². The Kier molecular flexibility index (Phi) is 9.16. The summed E-state index contributed by atoms with van der Waals surface area (Å²) in [5, 5.41) is 9.48. The third-order valence-corrected chi connectivity index (χ3v) is 12.5. The van der Waals surface area contributed by atoms with E-state index in [1.165, 1.54) is 71.3 Å². The minimum atomic E-state index is 0.631. The van der Waals surface area contributed by atoms with Crippen LogP contribution in [-0.4, -0.2) is 15.0 Å². The SMILES string of the molecule is c1ccc(-c2ccc(-c3ccccc3-c3c4ccccc4c(-c4ccc(-c5nc(-c6ccc7ccccc7c6)nc(-c6ccc7ccccc7c6)n5)cc4)c4ccccc34)cc2)cc1. The number of hydrogen-bond acceptors (Lipinski definition) is 3. The van der Waals surface area contributed by atoms with E-state index in [1.54, 1.807) is 0 Å². The lowest BCUT2D eigenvalue weighted by atomic mass is 9.83. The zero-order valence-corrected chi connectivity index (χ0v) is 34.9. The van der Waals surface area contributed by atoms with E-state index in [1.807, 2.05) is 0 Å². The van der Waals surface area contributed by atoms with Crippen LogP contribution >= 0.6 is 0 Å². The van der Waals surface area contributed by atoms with Gasteiger partial charge >= 0.3 is 0 Å². The number of fused-ring (bicyclic) bond motifs is 4. The molecule has 0 aliphatic carbocycles. The standard InChI is InChI=1S/C61H39N3/c1-2-14-40(15-3-1)43-26-30-44(31-27-43)51-20-8-9-21-52(51)58-55-24-12-10-22-53(55)57(54-23-11-13-25-56(54)58)45-32-34-46(35-33-45)59-62-60(49-36-28-41-16-4-6-18-47(41)38-49)64-61(63-59)50-37-29-42-17-5-7-19-48(42)39-50/h1-39H. The van der Waals surface area contributed by atoms with Crippen molar-refractivity contribution in [2.45, 2.75) is 0 Å². The minimum Gasteiger partial charge on any atom is -0.208 e. The zero-order chi connectivity index (χ0) is 42.4. The van der Waals surface area contributed by atoms with Crippen molar-refractivity contribution < 1.29 is 0 Å². The van der Waals surface area contributed by atoms with Crippen LogP contribution < -0.4 is 0 Å². The Hall–Kier alpha value is -8.53. The second-order valence-electron chi connectivity index (χ2n) is 16.3. The average Bonchev–Trinajstić information content (AvgIpc) is 3.38. The molecular weight excluding hydrogens is 775 g/mol. The molecule has 3 nitrogen and oxygen atoms in total. The maximum Gasteiger partial charge on any atom is 0.164 e. The summed E-state index contributed by atoms with van der Waals surface area (Å²) in [5.74, 6) is 1.91. The van der Waals surface area contributed by atoms with Crippen LogP contribution in [0.3, 0.4) is 0 Å². The van der Waals surface area contributed by atoms with Crippen molar-refractivity contribution in [3.8, 4) is 78.7 Å². The molecule has 0 aliphatic heterocycles. The molecule has 0 unspecified atom stereocenters. The van der Waals surface area contributed by atoms with Crippen LogP contribution in [0.1, 0.15) is 0 Å². The molecular formula is C61H39N3. The normalized spacial score (nSPS) is 11.4. The van der Waals surface area contributed by atoms with Gasteiger partial charge in [-0.2, -0.15) is 0 Å². The molecule has 0 N–H and O–H groups in total. The molecule has 298 valence electrons. The first-order valence-electron chi connectivity index (χ1n) is 21.8. The molecule has 1 heterocycles. The van der Waals surface area contributed by atoms with Gasteiger partial charge in [0.2, 0.25) is 0 Å². The number of nitrogens with zero attached hydrogens (tertiary/aromatic N) is 3. The smallest absolute Gasteiger partial charge is 0.164 e. The summed E-state index contributed by atoms with van der Waals surface area (Å²) >= 11 is 0. The molecule has 0 bridgehead atoms. The van der Waals surface area contributed by atoms with Crippen molar-refractivity contribution >= 4 is 43.1 Å². The Labute approximate surface area is 371 Å². The van der Waals surface area contributed by atoms with Crippen molar-refractivity contribution in [1.29, 1.82) is 0 Å². The summed E-state index contributed by atoms with van der Waals surface area (Å²) in [6, 6.07) is 84.5. The van der Waals surface area contributed by atoms with Gasteiger partial charge in [0.1, 0.15) is 0 Å². The Morgan fingerprint density at radius 3 is 1.11 bits per heavy atom. The summed E-state index contributed by atoms with van der Waals surface area (Å²) in [6.45, 7) is 0. The molecule has 12 aromatic rings. The fourth-order valence-corrected chi connectivity index (χ4v) is 9.36. The summed E-state index contributed by atoms with van der Waals surface area (Å²) in [5.41, 5.74) is 12.4. The first-order chi connectivity index (χ1) is 31.7. The lowest BCUT2D eigenvalue weighted by Crippen LogP contribution is -2.00. The fraction of sp³-hybridized carbons (Fsp3) is 0. The number of aromatic nitrogens is 3. The largest absolute Gasteiger partial charge is 0.208 e. The summed E-state index contributed by atoms with van der Waals surface area (Å²) < 4.78 is 0. The van der Waals surface area contributed by atoms with Gasteiger partial charge in [0, 0.05) is 16.7 Å². The van der Waals surface area contributed by atoms with Crippen molar-refractivity contribution in [2.24, 2.45) is 0 Å². The molecule has 0 amide bonds. The molecule has 0 spiro atoms. The monoisotopic (exact) mass is 813 g/mol. The van der Waals surface area contributed by atoms with Gasteiger partial charge in [0.05, 0.1) is 0 Å². The Morgan fingerprint density at radius 2 is 0.562 bits per heavy atom. The van der Waals surface area contributed by atoms with Gasteiger partial charge in [-0.3, -0.25) is 0 Å². The Balaban J connectivity index is 0.982. The van der Waals surface area contributed by atoms with E-state index in [0.717, 1.165) is 33.0 Å². The van der Waals surface area contributed by atoms with E-state index in [-0.39, 0.29) is 0 Å². The second-order valence-corrected chi connectivity index (χ2v) is 16.3. The van der Waals surface area contributed by atoms with Crippen LogP contribution in [0, 0.1) is 0 Å². The van der Waals surface area contributed by atoms with Gasteiger partial charge in [-0.05, 0) is 99.7 Å². The van der Waals surface area contributed by atoms with Crippen molar-refractivity contribution in [1.82, 2.24) is 15.0 Å². The van der Waals surface area contributed by atoms with Gasteiger partial charge in [0.15, 0.2) is 17.5 Å². The fourth-order valence-electron chi connectivity index (χ4n) is 9.36. The van der Waals surface area contributed by atoms with E-state index in [0.29, 0.717) is 17.5 Å². The molecule has 3 heteroatoms. The van der Waals surface area contributed by atoms with Crippen LogP contribution in [0.25, 0.3) is 122 Å². The van der Waals surface area contributed by atoms with E-state index in [4.69, 9.17) is 15.0 Å². The highest BCUT2D eigenvalue weighted by molar-refractivity contribution is 6.22. The van der Waals surface area contributed by atoms with Gasteiger partial charge in [-0.25, -0.2) is 15.0 Å². The first-order valence-corrected chi connectivity index (χ1v) is 21.8. The maximum atomic E-state index is 5.15. The van der Waals surface area contributed by atoms with Gasteiger partial charge in [-0.1, -0.05) is 224 Å². The summed E-state index contributed by atoms with van der Waals surface area (Å²) in [7, 11) is 0. The average molecular weight is 814 g/mol. The van der Waals surface area contributed by atoms with Crippen LogP contribution in [0.4, 0.5) is 0 Å². The maximum absolute atomic E-state index is 5.15. The van der Waals surface area contributed by atoms with E-state index >= 15 is 0 Å². The Bertz CT molecular complexity index is 3550. The summed E-state index contributed by atoms with van der Waals surface area (Å²) in [6.07, 6.45) is 0. The molecule has 64 heavy (non-hydrogen) atoms. The highest BCUT2D eigenvalue weighted by atomic mass is 15.0. The highest BCUT2D eigenvalue weighted by Gasteiger charge is 2.20. The van der Waals surface area contributed by atoms with Gasteiger partial charge in [-0.15, -0.1) is 0 Å². The molecule has 0 atom stereocenters. The Morgan fingerprint density at radius 1 is 0.203 bits per heavy atom. The van der Waals surface area contributed by atoms with E-state index < -0.39 is 0 Å². The first kappa shape index (κ1) is 37.2. The highest BCUT2D eigenvalue weighted by Crippen LogP contribution is 2.46. The predicted octanol–water partition coefficient (Wildman–Crippen LogP) is 16.2. The molecule has 0 saturated heterocycles. The molecule has 0 saturated carbocycles. The van der Waals surface area contributed by atoms with E-state index in [9.17, 15) is 0 Å². The quantitative estimate of drug-likeness (QED) is 0.150. The number of rotatable bonds is 7. The molecule has 0 fully saturated rings. The van der Waals surface area contributed by atoms with Gasteiger partial charge < -0.3 is 0 Å². The van der Waals surface area contributed by atoms with Crippen LogP contribution in [-0.2, 0) is 0 Å². The van der Waals surface area contributed by atoms with Crippen molar-refractivity contribution in [3.63, 3.8) is 0 Å². The van der Waals surface area contributed by atoms with Gasteiger partial charge in [0.25, 0.3) is 0 Å². The molecule has 0 aliphatic rings. The predicted molar refractivity (Wildman–Crippen MR) is 268 cm³/mol. The molecule has 11 aromatic carbocycles. The summed E-state index contributed by atoms with van der Waals surface area (Å²) in [4.78, 5) is 15.4. The topological polar surface area (TPSA) is 38.7 Å². The van der Waals surface area contributed by atoms with Crippen molar-refractivity contribution in [2.75, 3.05) is 0 Å². The minimum absolute atomic E-state index is 0.631. The molecule has 12 rings (SSSR count). The second kappa shape index (κ2) is 15.7. The van der Waals surface area contributed by atoms with Crippen LogP contribution in [0.2, 0.25) is 0 Å². The van der Waals surface area contributed by atoms with E-state index in [2.05, 4.69) is 237 Å². The lowest BCUT2D eigenvalue weighted by Gasteiger charge is -2.20. The van der Waals surface area contributed by atoms with Crippen LogP contribution in [0.5, 0.6) is 0 Å². The molecule has 1 aromatic heterocycles.